The predicted octanol–water partition coefficient (Wildman–Crippen LogP) is 5.92. The number of carbonyl (C=O) groups excluding carboxylic acids is 2. The van der Waals surface area contributed by atoms with E-state index in [-0.39, 0.29) is 30.1 Å². The summed E-state index contributed by atoms with van der Waals surface area (Å²) >= 11 is 0. The molecule has 0 spiro atoms. The van der Waals surface area contributed by atoms with E-state index in [0.29, 0.717) is 24.7 Å². The van der Waals surface area contributed by atoms with Crippen molar-refractivity contribution < 1.29 is 23.8 Å². The molecule has 3 aliphatic rings. The van der Waals surface area contributed by atoms with Crippen LogP contribution in [-0.4, -0.2) is 37.9 Å². The van der Waals surface area contributed by atoms with Gasteiger partial charge in [-0.1, -0.05) is 37.5 Å². The van der Waals surface area contributed by atoms with Crippen molar-refractivity contribution in [3.05, 3.63) is 23.8 Å². The number of esters is 1. The largest absolute Gasteiger partial charge is 0.469 e. The van der Waals surface area contributed by atoms with E-state index in [4.69, 9.17) is 14.2 Å². The van der Waals surface area contributed by atoms with Crippen molar-refractivity contribution >= 4 is 11.8 Å². The van der Waals surface area contributed by atoms with E-state index >= 15 is 0 Å². The molecule has 5 nitrogen and oxygen atoms in total. The van der Waals surface area contributed by atoms with E-state index in [9.17, 15) is 9.59 Å². The molecule has 5 heteroatoms. The number of hydrogen-bond donors (Lipinski definition) is 0. The Morgan fingerprint density at radius 1 is 1.12 bits per heavy atom. The molecule has 1 heterocycles. The van der Waals surface area contributed by atoms with Crippen molar-refractivity contribution in [1.82, 2.24) is 0 Å². The van der Waals surface area contributed by atoms with Crippen LogP contribution in [0.4, 0.5) is 0 Å². The highest BCUT2D eigenvalue weighted by Gasteiger charge is 2.47. The molecule has 0 aromatic heterocycles. The minimum absolute atomic E-state index is 0.0860. The number of carbonyl (C=O) groups is 2. The molecule has 0 aromatic carbocycles. The van der Waals surface area contributed by atoms with Crippen molar-refractivity contribution in [2.75, 3.05) is 13.7 Å². The Kier molecular flexibility index (Phi) is 10.5. The van der Waals surface area contributed by atoms with Crippen LogP contribution >= 0.6 is 0 Å². The van der Waals surface area contributed by atoms with Gasteiger partial charge in [-0.15, -0.1) is 0 Å². The molecule has 1 unspecified atom stereocenters. The molecule has 1 saturated heterocycles. The Morgan fingerprint density at radius 2 is 2.00 bits per heavy atom. The summed E-state index contributed by atoms with van der Waals surface area (Å²) in [5, 5.41) is 0. The maximum atomic E-state index is 12.4. The highest BCUT2D eigenvalue weighted by molar-refractivity contribution is 5.89. The summed E-state index contributed by atoms with van der Waals surface area (Å²) in [7, 11) is 1.44. The molecule has 1 aliphatic heterocycles. The van der Waals surface area contributed by atoms with Crippen LogP contribution in [0.15, 0.2) is 23.8 Å². The van der Waals surface area contributed by atoms with E-state index in [0.717, 1.165) is 70.8 Å². The van der Waals surface area contributed by atoms with Gasteiger partial charge in [-0.25, -0.2) is 0 Å². The molecule has 0 bridgehead atoms. The number of ketones is 1. The third kappa shape index (κ3) is 7.55. The number of methoxy groups -OCH3 is 1. The summed E-state index contributed by atoms with van der Waals surface area (Å²) in [6.07, 6.45) is 19.0. The van der Waals surface area contributed by atoms with Gasteiger partial charge in [0.25, 0.3) is 0 Å². The lowest BCUT2D eigenvalue weighted by molar-refractivity contribution is -0.193. The molecule has 0 aromatic rings. The van der Waals surface area contributed by atoms with Gasteiger partial charge in [-0.05, 0) is 75.7 Å². The average molecular weight is 447 g/mol. The molecule has 180 valence electrons. The normalized spacial score (nSPS) is 31.3. The first-order valence-corrected chi connectivity index (χ1v) is 12.8. The first-order valence-electron chi connectivity index (χ1n) is 12.8. The maximum Gasteiger partial charge on any atom is 0.305 e. The number of ether oxygens (including phenoxy) is 3. The number of fused-ring (bicyclic) bond motifs is 1. The van der Waals surface area contributed by atoms with Crippen LogP contribution < -0.4 is 0 Å². The molecule has 0 radical (unpaired) electrons. The number of allylic oxidation sites excluding steroid dienone is 3. The zero-order valence-corrected chi connectivity index (χ0v) is 20.1. The minimum atomic E-state index is -0.134. The molecular formula is C27H42O5. The van der Waals surface area contributed by atoms with E-state index in [1.165, 1.54) is 19.1 Å². The summed E-state index contributed by atoms with van der Waals surface area (Å²) in [6.45, 7) is 2.95. The zero-order chi connectivity index (χ0) is 22.8. The molecule has 32 heavy (non-hydrogen) atoms. The predicted molar refractivity (Wildman–Crippen MR) is 125 cm³/mol. The molecule has 0 N–H and O–H groups in total. The van der Waals surface area contributed by atoms with Gasteiger partial charge in [-0.3, -0.25) is 9.59 Å². The van der Waals surface area contributed by atoms with Crippen molar-refractivity contribution in [1.29, 1.82) is 0 Å². The van der Waals surface area contributed by atoms with Crippen molar-refractivity contribution in [2.24, 2.45) is 17.8 Å². The highest BCUT2D eigenvalue weighted by Crippen LogP contribution is 2.52. The summed E-state index contributed by atoms with van der Waals surface area (Å²) in [5.41, 5.74) is 1.50. The first-order chi connectivity index (χ1) is 15.6. The van der Waals surface area contributed by atoms with Gasteiger partial charge in [0, 0.05) is 25.4 Å². The lowest BCUT2D eigenvalue weighted by atomic mass is 9.90. The third-order valence-electron chi connectivity index (χ3n) is 7.33. The van der Waals surface area contributed by atoms with Gasteiger partial charge >= 0.3 is 5.97 Å². The Labute approximate surface area is 193 Å². The van der Waals surface area contributed by atoms with Crippen molar-refractivity contribution in [3.63, 3.8) is 0 Å². The van der Waals surface area contributed by atoms with Crippen molar-refractivity contribution in [2.45, 2.75) is 103 Å². The quantitative estimate of drug-likeness (QED) is 0.161. The van der Waals surface area contributed by atoms with Crippen LogP contribution in [0.5, 0.6) is 0 Å². The zero-order valence-electron chi connectivity index (χ0n) is 20.1. The second-order valence-electron chi connectivity index (χ2n) is 9.73. The van der Waals surface area contributed by atoms with Gasteiger partial charge in [-0.2, -0.15) is 0 Å². The Morgan fingerprint density at radius 3 is 2.75 bits per heavy atom. The molecule has 5 atom stereocenters. The highest BCUT2D eigenvalue weighted by atomic mass is 16.7. The standard InChI is InChI=1S/C27H42O5/c1-3-4-5-11-22(28)14-15-23-24-18-20(10-6-7-12-26(29)30-2)17-21(24)19-25(23)32-27-13-8-9-16-31-27/h10,14-15,21,23-25,27H,3-9,11-13,16-19H2,1-2H3/t21-,23+,24+,25+,27?/m1/s1. The van der Waals surface area contributed by atoms with E-state index < -0.39 is 0 Å². The second kappa shape index (κ2) is 13.3. The summed E-state index contributed by atoms with van der Waals surface area (Å²) < 4.78 is 17.0. The van der Waals surface area contributed by atoms with Crippen LogP contribution in [0, 0.1) is 17.8 Å². The van der Waals surface area contributed by atoms with Crippen LogP contribution in [0.2, 0.25) is 0 Å². The molecule has 2 aliphatic carbocycles. The fourth-order valence-corrected chi connectivity index (χ4v) is 5.58. The number of hydrogen-bond acceptors (Lipinski definition) is 5. The van der Waals surface area contributed by atoms with Gasteiger partial charge in [0.1, 0.15) is 0 Å². The van der Waals surface area contributed by atoms with Crippen LogP contribution in [-0.2, 0) is 23.8 Å². The fourth-order valence-electron chi connectivity index (χ4n) is 5.58. The summed E-state index contributed by atoms with van der Waals surface area (Å²) in [5.74, 6) is 1.54. The smallest absolute Gasteiger partial charge is 0.305 e. The average Bonchev–Trinajstić information content (AvgIpc) is 3.33. The minimum Gasteiger partial charge on any atom is -0.469 e. The van der Waals surface area contributed by atoms with Gasteiger partial charge in [0.15, 0.2) is 12.1 Å². The summed E-state index contributed by atoms with van der Waals surface area (Å²) in [6, 6.07) is 0. The second-order valence-corrected chi connectivity index (χ2v) is 9.73. The SMILES string of the molecule is CCCCCC(=O)C=C[C@H]1[C@H]2CC(=CCCCC(=O)OC)C[C@@H]2C[C@@H]1OC1CCCCO1. The molecule has 0 amide bonds. The third-order valence-corrected chi connectivity index (χ3v) is 7.33. The van der Waals surface area contributed by atoms with Crippen LogP contribution in [0.3, 0.4) is 0 Å². The van der Waals surface area contributed by atoms with Gasteiger partial charge in [0.2, 0.25) is 0 Å². The lowest BCUT2D eigenvalue weighted by Crippen LogP contribution is -2.30. The monoisotopic (exact) mass is 446 g/mol. The van der Waals surface area contributed by atoms with E-state index in [1.807, 2.05) is 6.08 Å². The van der Waals surface area contributed by atoms with Gasteiger partial charge < -0.3 is 14.2 Å². The molecule has 2 saturated carbocycles. The topological polar surface area (TPSA) is 61.8 Å². The molecule has 3 rings (SSSR count). The van der Waals surface area contributed by atoms with Crippen molar-refractivity contribution in [3.8, 4) is 0 Å². The lowest BCUT2D eigenvalue weighted by Gasteiger charge is -2.29. The Hall–Kier alpha value is -1.46. The number of unbranched alkanes of at least 4 members (excludes halogenated alkanes) is 3. The fraction of sp³-hybridized carbons (Fsp3) is 0.778. The molecule has 3 fully saturated rings. The maximum absolute atomic E-state index is 12.4. The van der Waals surface area contributed by atoms with Crippen LogP contribution in [0.25, 0.3) is 0 Å². The number of rotatable bonds is 12. The summed E-state index contributed by atoms with van der Waals surface area (Å²) in [4.78, 5) is 23.7. The van der Waals surface area contributed by atoms with Gasteiger partial charge in [0.05, 0.1) is 13.2 Å². The van der Waals surface area contributed by atoms with Crippen LogP contribution in [0.1, 0.15) is 90.4 Å². The Balaban J connectivity index is 1.58. The first kappa shape index (κ1) is 25.2. The molecular weight excluding hydrogens is 404 g/mol. The van der Waals surface area contributed by atoms with E-state index in [1.54, 1.807) is 0 Å². The Bertz CT molecular complexity index is 661. The van der Waals surface area contributed by atoms with E-state index in [2.05, 4.69) is 19.1 Å².